The van der Waals surface area contributed by atoms with Crippen molar-refractivity contribution in [1.82, 2.24) is 24.5 Å². The summed E-state index contributed by atoms with van der Waals surface area (Å²) in [5.41, 5.74) is 0.219. The Kier molecular flexibility index (Phi) is 3.05. The number of hydrogen-bond acceptors (Lipinski definition) is 5. The third-order valence-electron chi connectivity index (χ3n) is 3.07. The summed E-state index contributed by atoms with van der Waals surface area (Å²) in [5, 5.41) is 16.9. The molecule has 0 bridgehead atoms. The molecule has 21 heavy (non-hydrogen) atoms. The average molecular weight is 287 g/mol. The number of carbonyl (C=O) groups is 1. The highest BCUT2D eigenvalue weighted by molar-refractivity contribution is 5.91. The first kappa shape index (κ1) is 13.1. The van der Waals surface area contributed by atoms with E-state index in [2.05, 4.69) is 15.3 Å². The first-order valence-corrected chi connectivity index (χ1v) is 6.26. The summed E-state index contributed by atoms with van der Waals surface area (Å²) in [4.78, 5) is 15.5. The number of aromatic nitrogens is 5. The SMILES string of the molecule is Cc1ccc(Cn2nnc(C(=O)O)c2-c2nccn2C)o1. The number of carboxylic acids is 1. The molecule has 3 aromatic heterocycles. The second kappa shape index (κ2) is 4.89. The van der Waals surface area contributed by atoms with Gasteiger partial charge in [-0.3, -0.25) is 0 Å². The van der Waals surface area contributed by atoms with Gasteiger partial charge in [0.05, 0.1) is 0 Å². The summed E-state index contributed by atoms with van der Waals surface area (Å²) >= 11 is 0. The maximum absolute atomic E-state index is 11.3. The van der Waals surface area contributed by atoms with Gasteiger partial charge in [-0.15, -0.1) is 5.10 Å². The van der Waals surface area contributed by atoms with Gasteiger partial charge in [0, 0.05) is 19.4 Å². The molecule has 8 heteroatoms. The van der Waals surface area contributed by atoms with E-state index in [0.717, 1.165) is 5.76 Å². The molecule has 0 aliphatic rings. The highest BCUT2D eigenvalue weighted by Crippen LogP contribution is 2.21. The number of aryl methyl sites for hydroxylation is 2. The summed E-state index contributed by atoms with van der Waals surface area (Å²) in [6, 6.07) is 3.66. The number of furan rings is 1. The molecule has 0 spiro atoms. The van der Waals surface area contributed by atoms with Gasteiger partial charge < -0.3 is 14.1 Å². The Hall–Kier alpha value is -2.90. The molecule has 0 unspecified atom stereocenters. The molecule has 0 amide bonds. The zero-order chi connectivity index (χ0) is 15.0. The van der Waals surface area contributed by atoms with Crippen LogP contribution in [-0.4, -0.2) is 35.6 Å². The quantitative estimate of drug-likeness (QED) is 0.777. The minimum atomic E-state index is -1.14. The van der Waals surface area contributed by atoms with Crippen LogP contribution in [0.2, 0.25) is 0 Å². The van der Waals surface area contributed by atoms with Gasteiger partial charge in [-0.25, -0.2) is 14.5 Å². The van der Waals surface area contributed by atoms with Crippen LogP contribution < -0.4 is 0 Å². The Morgan fingerprint density at radius 1 is 1.43 bits per heavy atom. The van der Waals surface area contributed by atoms with Gasteiger partial charge in [0.2, 0.25) is 5.69 Å². The van der Waals surface area contributed by atoms with Crippen molar-refractivity contribution < 1.29 is 14.3 Å². The first-order chi connectivity index (χ1) is 10.1. The van der Waals surface area contributed by atoms with E-state index in [1.807, 2.05) is 19.1 Å². The van der Waals surface area contributed by atoms with Crippen LogP contribution in [0.5, 0.6) is 0 Å². The summed E-state index contributed by atoms with van der Waals surface area (Å²) in [6.45, 7) is 2.13. The second-order valence-corrected chi connectivity index (χ2v) is 4.62. The Morgan fingerprint density at radius 3 is 2.81 bits per heavy atom. The molecule has 1 N–H and O–H groups in total. The van der Waals surface area contributed by atoms with Crippen molar-refractivity contribution in [2.75, 3.05) is 0 Å². The Morgan fingerprint density at radius 2 is 2.24 bits per heavy atom. The van der Waals surface area contributed by atoms with E-state index < -0.39 is 5.97 Å². The molecule has 0 aliphatic heterocycles. The number of aromatic carboxylic acids is 1. The minimum absolute atomic E-state index is 0.132. The van der Waals surface area contributed by atoms with Crippen LogP contribution in [0.3, 0.4) is 0 Å². The number of rotatable bonds is 4. The van der Waals surface area contributed by atoms with Gasteiger partial charge in [0.25, 0.3) is 0 Å². The highest BCUT2D eigenvalue weighted by Gasteiger charge is 2.24. The van der Waals surface area contributed by atoms with Crippen LogP contribution in [0.4, 0.5) is 0 Å². The van der Waals surface area contributed by atoms with E-state index in [9.17, 15) is 9.90 Å². The monoisotopic (exact) mass is 287 g/mol. The van der Waals surface area contributed by atoms with Crippen molar-refractivity contribution in [2.45, 2.75) is 13.5 Å². The molecule has 3 rings (SSSR count). The highest BCUT2D eigenvalue weighted by atomic mass is 16.4. The van der Waals surface area contributed by atoms with Crippen molar-refractivity contribution in [3.63, 3.8) is 0 Å². The normalized spacial score (nSPS) is 11.0. The van der Waals surface area contributed by atoms with Crippen LogP contribution in [0.15, 0.2) is 28.9 Å². The van der Waals surface area contributed by atoms with Crippen molar-refractivity contribution in [3.05, 3.63) is 41.7 Å². The van der Waals surface area contributed by atoms with E-state index in [-0.39, 0.29) is 12.2 Å². The second-order valence-electron chi connectivity index (χ2n) is 4.62. The fraction of sp³-hybridized carbons (Fsp3) is 0.231. The maximum atomic E-state index is 11.3. The van der Waals surface area contributed by atoms with Crippen molar-refractivity contribution in [3.8, 4) is 11.5 Å². The molecule has 0 saturated carbocycles. The molecular formula is C13H13N5O3. The lowest BCUT2D eigenvalue weighted by Crippen LogP contribution is -2.08. The predicted octanol–water partition coefficient (Wildman–Crippen LogP) is 1.33. The predicted molar refractivity (Wildman–Crippen MR) is 71.7 cm³/mol. The van der Waals surface area contributed by atoms with Crippen molar-refractivity contribution >= 4 is 5.97 Å². The molecule has 0 fully saturated rings. The molecule has 0 saturated heterocycles. The van der Waals surface area contributed by atoms with E-state index in [1.54, 1.807) is 24.0 Å². The molecule has 8 nitrogen and oxygen atoms in total. The fourth-order valence-corrected chi connectivity index (χ4v) is 2.10. The standard InChI is InChI=1S/C13H13N5O3/c1-8-3-4-9(21-8)7-18-11(10(13(19)20)15-16-18)12-14-5-6-17(12)2/h3-6H,7H2,1-2H3,(H,19,20). The summed E-state index contributed by atoms with van der Waals surface area (Å²) < 4.78 is 8.69. The van der Waals surface area contributed by atoms with E-state index in [1.165, 1.54) is 4.68 Å². The van der Waals surface area contributed by atoms with E-state index in [4.69, 9.17) is 4.42 Å². The molecule has 0 radical (unpaired) electrons. The van der Waals surface area contributed by atoms with Gasteiger partial charge in [0.1, 0.15) is 23.8 Å². The zero-order valence-corrected chi connectivity index (χ0v) is 11.5. The van der Waals surface area contributed by atoms with Gasteiger partial charge in [-0.2, -0.15) is 0 Å². The minimum Gasteiger partial charge on any atom is -0.476 e. The lowest BCUT2D eigenvalue weighted by molar-refractivity contribution is 0.0691. The molecular weight excluding hydrogens is 274 g/mol. The van der Waals surface area contributed by atoms with Crippen molar-refractivity contribution in [1.29, 1.82) is 0 Å². The van der Waals surface area contributed by atoms with Gasteiger partial charge in [0.15, 0.2) is 5.82 Å². The lowest BCUT2D eigenvalue weighted by atomic mass is 10.3. The Balaban J connectivity index is 2.09. The third kappa shape index (κ3) is 2.31. The molecule has 0 aliphatic carbocycles. The van der Waals surface area contributed by atoms with Crippen LogP contribution in [-0.2, 0) is 13.6 Å². The third-order valence-corrected chi connectivity index (χ3v) is 3.07. The van der Waals surface area contributed by atoms with Gasteiger partial charge >= 0.3 is 5.97 Å². The number of carboxylic acid groups (broad SMARTS) is 1. The molecule has 3 heterocycles. The lowest BCUT2D eigenvalue weighted by Gasteiger charge is -2.05. The smallest absolute Gasteiger partial charge is 0.358 e. The molecule has 0 aromatic carbocycles. The zero-order valence-electron chi connectivity index (χ0n) is 11.5. The molecule has 3 aromatic rings. The largest absolute Gasteiger partial charge is 0.476 e. The fourth-order valence-electron chi connectivity index (χ4n) is 2.10. The van der Waals surface area contributed by atoms with E-state index in [0.29, 0.717) is 17.3 Å². The Labute approximate surface area is 119 Å². The summed E-state index contributed by atoms with van der Waals surface area (Å²) in [7, 11) is 1.78. The summed E-state index contributed by atoms with van der Waals surface area (Å²) in [6.07, 6.45) is 3.32. The molecule has 0 atom stereocenters. The van der Waals surface area contributed by atoms with Crippen LogP contribution in [0, 0.1) is 6.92 Å². The topological polar surface area (TPSA) is 99.0 Å². The summed E-state index contributed by atoms with van der Waals surface area (Å²) in [5.74, 6) is 0.794. The van der Waals surface area contributed by atoms with Crippen LogP contribution in [0.1, 0.15) is 22.0 Å². The number of nitrogens with zero attached hydrogens (tertiary/aromatic N) is 5. The average Bonchev–Trinajstić information content (AvgIpc) is 3.11. The van der Waals surface area contributed by atoms with Gasteiger partial charge in [-0.1, -0.05) is 5.21 Å². The maximum Gasteiger partial charge on any atom is 0.358 e. The number of hydrogen-bond donors (Lipinski definition) is 1. The van der Waals surface area contributed by atoms with Crippen LogP contribution >= 0.6 is 0 Å². The Bertz CT molecular complexity index is 798. The van der Waals surface area contributed by atoms with Gasteiger partial charge in [-0.05, 0) is 19.1 Å². The van der Waals surface area contributed by atoms with Crippen LogP contribution in [0.25, 0.3) is 11.5 Å². The van der Waals surface area contributed by atoms with Crippen molar-refractivity contribution in [2.24, 2.45) is 7.05 Å². The number of imidazole rings is 1. The molecule has 108 valence electrons. The first-order valence-electron chi connectivity index (χ1n) is 6.26. The van der Waals surface area contributed by atoms with E-state index >= 15 is 0 Å².